The third kappa shape index (κ3) is 1.50. The van der Waals surface area contributed by atoms with Crippen molar-refractivity contribution in [2.45, 2.75) is 0 Å². The van der Waals surface area contributed by atoms with Gasteiger partial charge >= 0.3 is 0 Å². The highest BCUT2D eigenvalue weighted by atomic mass is 19.1. The highest BCUT2D eigenvalue weighted by molar-refractivity contribution is 6.28. The number of fused-ring (bicyclic) bond motifs is 3. The lowest BCUT2D eigenvalue weighted by Crippen LogP contribution is -1.95. The van der Waals surface area contributed by atoms with E-state index in [4.69, 9.17) is 9.15 Å². The number of rotatable bonds is 1. The van der Waals surface area contributed by atoms with Crippen LogP contribution in [0.3, 0.4) is 0 Å². The first kappa shape index (κ1) is 13.8. The molecule has 0 atom stereocenters. The van der Waals surface area contributed by atoms with Crippen molar-refractivity contribution < 1.29 is 13.5 Å². The summed E-state index contributed by atoms with van der Waals surface area (Å²) in [4.78, 5) is 4.61. The van der Waals surface area contributed by atoms with E-state index in [1.54, 1.807) is 25.4 Å². The summed E-state index contributed by atoms with van der Waals surface area (Å²) in [5.74, 6) is 0.290. The zero-order chi connectivity index (χ0) is 17.4. The zero-order valence-corrected chi connectivity index (χ0v) is 13.8. The molecule has 3 aromatic carbocycles. The largest absolute Gasteiger partial charge is 0.496 e. The van der Waals surface area contributed by atoms with Crippen molar-refractivity contribution in [1.82, 2.24) is 4.98 Å². The van der Waals surface area contributed by atoms with Crippen molar-refractivity contribution in [2.75, 3.05) is 7.11 Å². The highest BCUT2D eigenvalue weighted by Crippen LogP contribution is 2.51. The summed E-state index contributed by atoms with van der Waals surface area (Å²) in [7, 11) is 1.59. The van der Waals surface area contributed by atoms with E-state index in [9.17, 15) is 0 Å². The van der Waals surface area contributed by atoms with E-state index in [2.05, 4.69) is 11.1 Å². The van der Waals surface area contributed by atoms with E-state index < -0.39 is 0 Å². The third-order valence-corrected chi connectivity index (χ3v) is 5.23. The van der Waals surface area contributed by atoms with Gasteiger partial charge in [-0.05, 0) is 29.7 Å². The molecule has 26 heavy (non-hydrogen) atoms. The minimum atomic E-state index is -0.308. The molecule has 1 aliphatic carbocycles. The molecule has 0 saturated heterocycles. The number of furan rings is 1. The van der Waals surface area contributed by atoms with E-state index >= 15 is 4.39 Å². The molecule has 0 radical (unpaired) electrons. The van der Waals surface area contributed by atoms with Crippen LogP contribution in [0.5, 0.6) is 5.75 Å². The molecule has 0 bridgehead atoms. The Balaban J connectivity index is 2.05. The summed E-state index contributed by atoms with van der Waals surface area (Å²) in [6, 6.07) is 15.0. The molecular weight excluding hydrogens is 329 g/mol. The van der Waals surface area contributed by atoms with Gasteiger partial charge in [-0.3, -0.25) is 4.98 Å². The fourth-order valence-electron chi connectivity index (χ4n) is 4.20. The van der Waals surface area contributed by atoms with Crippen LogP contribution in [-0.2, 0) is 0 Å². The molecule has 0 aliphatic heterocycles. The van der Waals surface area contributed by atoms with Crippen LogP contribution in [0.2, 0.25) is 0 Å². The monoisotopic (exact) mass is 341 g/mol. The smallest absolute Gasteiger partial charge is 0.136 e. The van der Waals surface area contributed by atoms with Crippen LogP contribution in [0.25, 0.3) is 55.1 Å². The van der Waals surface area contributed by atoms with Gasteiger partial charge in [-0.1, -0.05) is 24.3 Å². The molecule has 2 aromatic heterocycles. The SMILES string of the molecule is COc1ccnc2c1-c1c(F)ccc3oc4ccc5cccc-2c5c4c13. The number of halogens is 1. The molecule has 3 nitrogen and oxygen atoms in total. The molecule has 0 fully saturated rings. The van der Waals surface area contributed by atoms with E-state index in [-0.39, 0.29) is 5.82 Å². The van der Waals surface area contributed by atoms with Crippen LogP contribution >= 0.6 is 0 Å². The fourth-order valence-corrected chi connectivity index (χ4v) is 4.20. The zero-order valence-electron chi connectivity index (χ0n) is 13.8. The van der Waals surface area contributed by atoms with Gasteiger partial charge in [0.15, 0.2) is 0 Å². The number of hydrogen-bond donors (Lipinski definition) is 0. The average Bonchev–Trinajstić information content (AvgIpc) is 2.99. The summed E-state index contributed by atoms with van der Waals surface area (Å²) in [5.41, 5.74) is 4.26. The second-order valence-corrected chi connectivity index (χ2v) is 6.48. The number of aromatic nitrogens is 1. The minimum absolute atomic E-state index is 0.308. The molecule has 0 spiro atoms. The Bertz CT molecular complexity index is 1380. The predicted molar refractivity (Wildman–Crippen MR) is 100.0 cm³/mol. The van der Waals surface area contributed by atoms with Gasteiger partial charge in [-0.15, -0.1) is 0 Å². The van der Waals surface area contributed by atoms with Gasteiger partial charge in [0.25, 0.3) is 0 Å². The van der Waals surface area contributed by atoms with Crippen LogP contribution in [0, 0.1) is 5.82 Å². The van der Waals surface area contributed by atoms with Crippen LogP contribution in [0.1, 0.15) is 0 Å². The van der Waals surface area contributed by atoms with Crippen LogP contribution < -0.4 is 4.74 Å². The number of hydrogen-bond acceptors (Lipinski definition) is 3. The van der Waals surface area contributed by atoms with Crippen LogP contribution in [0.4, 0.5) is 4.39 Å². The Morgan fingerprint density at radius 3 is 2.62 bits per heavy atom. The first-order valence-corrected chi connectivity index (χ1v) is 8.38. The summed E-state index contributed by atoms with van der Waals surface area (Å²) in [5, 5.41) is 3.83. The summed E-state index contributed by atoms with van der Waals surface area (Å²) >= 11 is 0. The van der Waals surface area contributed by atoms with Gasteiger partial charge < -0.3 is 9.15 Å². The Labute approximate surface area is 147 Å². The Morgan fingerprint density at radius 1 is 0.885 bits per heavy atom. The van der Waals surface area contributed by atoms with Gasteiger partial charge in [0.2, 0.25) is 0 Å². The van der Waals surface area contributed by atoms with E-state index in [1.807, 2.05) is 24.3 Å². The van der Waals surface area contributed by atoms with Crippen LogP contribution in [-0.4, -0.2) is 12.1 Å². The number of nitrogens with zero attached hydrogens (tertiary/aromatic N) is 1. The maximum absolute atomic E-state index is 15.1. The Hall–Kier alpha value is -3.40. The first-order chi connectivity index (χ1) is 12.8. The second-order valence-electron chi connectivity index (χ2n) is 6.48. The predicted octanol–water partition coefficient (Wildman–Crippen LogP) is 5.93. The molecule has 0 saturated carbocycles. The summed E-state index contributed by atoms with van der Waals surface area (Å²) < 4.78 is 26.7. The average molecular weight is 341 g/mol. The van der Waals surface area contributed by atoms with Crippen molar-refractivity contribution >= 4 is 32.7 Å². The molecule has 0 N–H and O–H groups in total. The Morgan fingerprint density at radius 2 is 1.73 bits per heavy atom. The maximum Gasteiger partial charge on any atom is 0.136 e. The third-order valence-electron chi connectivity index (χ3n) is 5.23. The molecule has 6 rings (SSSR count). The number of pyridine rings is 1. The quantitative estimate of drug-likeness (QED) is 0.372. The normalized spacial score (nSPS) is 12.2. The fraction of sp³-hybridized carbons (Fsp3) is 0.0455. The molecule has 0 unspecified atom stereocenters. The number of benzene rings is 3. The van der Waals surface area contributed by atoms with Crippen molar-refractivity contribution in [2.24, 2.45) is 0 Å². The molecule has 0 amide bonds. The second kappa shape index (κ2) is 4.61. The number of methoxy groups -OCH3 is 1. The topological polar surface area (TPSA) is 35.3 Å². The molecule has 124 valence electrons. The lowest BCUT2D eigenvalue weighted by Gasteiger charge is -2.14. The van der Waals surface area contributed by atoms with E-state index in [1.165, 1.54) is 6.07 Å². The van der Waals surface area contributed by atoms with Crippen LogP contribution in [0.15, 0.2) is 59.1 Å². The van der Waals surface area contributed by atoms with E-state index in [0.29, 0.717) is 22.5 Å². The number of ether oxygens (including phenoxy) is 1. The lowest BCUT2D eigenvalue weighted by atomic mass is 9.97. The molecule has 2 heterocycles. The van der Waals surface area contributed by atoms with E-state index in [0.717, 1.165) is 38.4 Å². The molecule has 1 aliphatic rings. The maximum atomic E-state index is 15.1. The summed E-state index contributed by atoms with van der Waals surface area (Å²) in [6.07, 6.45) is 1.70. The van der Waals surface area contributed by atoms with Gasteiger partial charge in [0.05, 0.1) is 18.4 Å². The molecular formula is C22H12FNO2. The standard InChI is InChI=1S/C22H12FNO2/c1-25-14-9-10-24-22-12-4-2-3-11-5-7-15-19(17(11)12)20-16(26-15)8-6-13(23)18(20)21(14)22/h2-10H,1H3. The van der Waals surface area contributed by atoms with Crippen molar-refractivity contribution in [3.63, 3.8) is 0 Å². The minimum Gasteiger partial charge on any atom is -0.496 e. The van der Waals surface area contributed by atoms with Crippen molar-refractivity contribution in [3.05, 3.63) is 60.5 Å². The van der Waals surface area contributed by atoms with Gasteiger partial charge in [-0.25, -0.2) is 4.39 Å². The van der Waals surface area contributed by atoms with Gasteiger partial charge in [-0.2, -0.15) is 0 Å². The molecule has 4 heteroatoms. The highest BCUT2D eigenvalue weighted by Gasteiger charge is 2.28. The van der Waals surface area contributed by atoms with Crippen molar-refractivity contribution in [3.8, 4) is 28.1 Å². The molecule has 5 aromatic rings. The lowest BCUT2D eigenvalue weighted by molar-refractivity contribution is 0.416. The van der Waals surface area contributed by atoms with Crippen molar-refractivity contribution in [1.29, 1.82) is 0 Å². The Kier molecular flexibility index (Phi) is 2.45. The summed E-state index contributed by atoms with van der Waals surface area (Å²) in [6.45, 7) is 0. The first-order valence-electron chi connectivity index (χ1n) is 8.38. The van der Waals surface area contributed by atoms with Gasteiger partial charge in [0.1, 0.15) is 22.7 Å². The van der Waals surface area contributed by atoms with Gasteiger partial charge in [0, 0.05) is 33.5 Å².